The fourth-order valence-electron chi connectivity index (χ4n) is 1.70. The second kappa shape index (κ2) is 5.84. The summed E-state index contributed by atoms with van der Waals surface area (Å²) in [7, 11) is 0. The van der Waals surface area contributed by atoms with Gasteiger partial charge in [-0.15, -0.1) is 0 Å². The Bertz CT molecular complexity index is 659. The Balaban J connectivity index is 2.46. The molecule has 2 aromatic carbocycles. The Morgan fingerprint density at radius 2 is 1.75 bits per heavy atom. The average molecular weight is 268 g/mol. The van der Waals surface area contributed by atoms with Crippen molar-refractivity contribution >= 4 is 11.8 Å². The van der Waals surface area contributed by atoms with Gasteiger partial charge in [-0.1, -0.05) is 43.0 Å². The second-order valence-electron chi connectivity index (χ2n) is 3.97. The van der Waals surface area contributed by atoms with Crippen LogP contribution in [0.3, 0.4) is 0 Å². The van der Waals surface area contributed by atoms with E-state index in [1.54, 1.807) is 30.3 Å². The number of esters is 1. The quantitative estimate of drug-likeness (QED) is 0.401. The third kappa shape index (κ3) is 2.75. The Morgan fingerprint density at radius 1 is 1.05 bits per heavy atom. The molecule has 0 aliphatic rings. The van der Waals surface area contributed by atoms with Crippen molar-refractivity contribution in [2.45, 2.75) is 0 Å². The predicted octanol–water partition coefficient (Wildman–Crippen LogP) is 2.71. The molecule has 0 fully saturated rings. The van der Waals surface area contributed by atoms with Crippen molar-refractivity contribution in [1.82, 2.24) is 0 Å². The van der Waals surface area contributed by atoms with Gasteiger partial charge in [-0.2, -0.15) is 0 Å². The highest BCUT2D eigenvalue weighted by Crippen LogP contribution is 2.31. The van der Waals surface area contributed by atoms with Crippen LogP contribution in [0.4, 0.5) is 0 Å². The number of rotatable bonds is 4. The van der Waals surface area contributed by atoms with Gasteiger partial charge in [0.2, 0.25) is 0 Å². The van der Waals surface area contributed by atoms with Gasteiger partial charge >= 0.3 is 5.97 Å². The summed E-state index contributed by atoms with van der Waals surface area (Å²) >= 11 is 0. The van der Waals surface area contributed by atoms with Crippen molar-refractivity contribution in [3.05, 3.63) is 72.3 Å². The van der Waals surface area contributed by atoms with Gasteiger partial charge in [0.25, 0.3) is 0 Å². The normalized spacial score (nSPS) is 9.80. The van der Waals surface area contributed by atoms with Crippen molar-refractivity contribution in [2.75, 3.05) is 0 Å². The molecular weight excluding hydrogens is 256 g/mol. The van der Waals surface area contributed by atoms with Crippen molar-refractivity contribution in [3.63, 3.8) is 0 Å². The van der Waals surface area contributed by atoms with Crippen LogP contribution in [0, 0.1) is 0 Å². The van der Waals surface area contributed by atoms with Gasteiger partial charge in [-0.25, -0.2) is 4.79 Å². The summed E-state index contributed by atoms with van der Waals surface area (Å²) in [5.74, 6) is -1.52. The van der Waals surface area contributed by atoms with Gasteiger partial charge in [0.15, 0.2) is 17.3 Å². The van der Waals surface area contributed by atoms with Crippen LogP contribution in [0.5, 0.6) is 11.5 Å². The van der Waals surface area contributed by atoms with Crippen LogP contribution in [-0.4, -0.2) is 16.9 Å². The fourth-order valence-corrected chi connectivity index (χ4v) is 1.70. The van der Waals surface area contributed by atoms with Gasteiger partial charge in [-0.05, 0) is 12.1 Å². The van der Waals surface area contributed by atoms with Crippen LogP contribution >= 0.6 is 0 Å². The van der Waals surface area contributed by atoms with E-state index in [-0.39, 0.29) is 22.8 Å². The number of phenolic OH excluding ortho intramolecular Hbond substituents is 1. The lowest BCUT2D eigenvalue weighted by Crippen LogP contribution is -2.09. The summed E-state index contributed by atoms with van der Waals surface area (Å²) < 4.78 is 4.94. The minimum Gasteiger partial charge on any atom is -0.504 e. The van der Waals surface area contributed by atoms with Gasteiger partial charge in [-0.3, -0.25) is 4.79 Å². The highest BCUT2D eigenvalue weighted by atomic mass is 16.5. The molecule has 0 radical (unpaired) electrons. The van der Waals surface area contributed by atoms with Crippen LogP contribution in [0.2, 0.25) is 0 Å². The van der Waals surface area contributed by atoms with E-state index in [1.807, 2.05) is 0 Å². The first-order valence-corrected chi connectivity index (χ1v) is 5.89. The number of benzene rings is 2. The number of carbonyl (C=O) groups excluding carboxylic acids is 2. The number of hydrogen-bond acceptors (Lipinski definition) is 4. The smallest absolute Gasteiger partial charge is 0.335 e. The first kappa shape index (κ1) is 13.5. The number of hydrogen-bond donors (Lipinski definition) is 1. The lowest BCUT2D eigenvalue weighted by molar-refractivity contribution is -0.129. The van der Waals surface area contributed by atoms with E-state index in [1.165, 1.54) is 18.2 Å². The number of ether oxygens (including phenoxy) is 1. The molecule has 0 amide bonds. The Morgan fingerprint density at radius 3 is 2.40 bits per heavy atom. The monoisotopic (exact) mass is 268 g/mol. The molecule has 2 rings (SSSR count). The van der Waals surface area contributed by atoms with E-state index in [2.05, 4.69) is 6.58 Å². The van der Waals surface area contributed by atoms with Crippen LogP contribution in [0.1, 0.15) is 15.9 Å². The van der Waals surface area contributed by atoms with Gasteiger partial charge in [0.05, 0.1) is 5.56 Å². The molecule has 0 saturated heterocycles. The molecule has 0 spiro atoms. The minimum atomic E-state index is -0.742. The van der Waals surface area contributed by atoms with E-state index in [9.17, 15) is 14.7 Å². The molecule has 0 bridgehead atoms. The molecule has 0 aliphatic heterocycles. The summed E-state index contributed by atoms with van der Waals surface area (Å²) in [5, 5.41) is 9.77. The van der Waals surface area contributed by atoms with Gasteiger partial charge in [0.1, 0.15) is 0 Å². The maximum atomic E-state index is 12.4. The van der Waals surface area contributed by atoms with Gasteiger partial charge in [0, 0.05) is 11.6 Å². The van der Waals surface area contributed by atoms with E-state index in [0.717, 1.165) is 6.08 Å². The number of para-hydroxylation sites is 1. The summed E-state index contributed by atoms with van der Waals surface area (Å²) in [6.07, 6.45) is 0.962. The lowest BCUT2D eigenvalue weighted by Gasteiger charge is -2.09. The second-order valence-corrected chi connectivity index (χ2v) is 3.97. The predicted molar refractivity (Wildman–Crippen MR) is 73.8 cm³/mol. The maximum absolute atomic E-state index is 12.4. The number of aromatic hydroxyl groups is 1. The molecule has 0 heterocycles. The zero-order chi connectivity index (χ0) is 14.5. The number of ketones is 1. The standard InChI is InChI=1S/C16H12O4/c1-2-14(18)20-16-12(9-6-10-13(16)17)15(19)11-7-4-3-5-8-11/h2-10,17H,1H2. The molecule has 0 atom stereocenters. The van der Waals surface area contributed by atoms with Crippen molar-refractivity contribution in [3.8, 4) is 11.5 Å². The van der Waals surface area contributed by atoms with E-state index in [0.29, 0.717) is 5.56 Å². The van der Waals surface area contributed by atoms with E-state index < -0.39 is 5.97 Å². The van der Waals surface area contributed by atoms with Crippen LogP contribution < -0.4 is 4.74 Å². The Labute approximate surface area is 115 Å². The molecule has 0 unspecified atom stereocenters. The highest BCUT2D eigenvalue weighted by Gasteiger charge is 2.19. The molecule has 20 heavy (non-hydrogen) atoms. The van der Waals surface area contributed by atoms with Crippen LogP contribution in [0.15, 0.2) is 61.2 Å². The molecule has 1 N–H and O–H groups in total. The van der Waals surface area contributed by atoms with Crippen molar-refractivity contribution in [1.29, 1.82) is 0 Å². The minimum absolute atomic E-state index is 0.117. The molecule has 2 aromatic rings. The molecular formula is C16H12O4. The van der Waals surface area contributed by atoms with Crippen LogP contribution in [-0.2, 0) is 4.79 Å². The molecule has 0 saturated carbocycles. The van der Waals surface area contributed by atoms with Crippen LogP contribution in [0.25, 0.3) is 0 Å². The molecule has 100 valence electrons. The Kier molecular flexibility index (Phi) is 3.96. The summed E-state index contributed by atoms with van der Waals surface area (Å²) in [5.41, 5.74) is 0.556. The lowest BCUT2D eigenvalue weighted by atomic mass is 10.0. The third-order valence-corrected chi connectivity index (χ3v) is 2.64. The van der Waals surface area contributed by atoms with E-state index in [4.69, 9.17) is 4.74 Å². The molecule has 4 nitrogen and oxygen atoms in total. The third-order valence-electron chi connectivity index (χ3n) is 2.64. The topological polar surface area (TPSA) is 63.6 Å². The zero-order valence-corrected chi connectivity index (χ0v) is 10.6. The molecule has 4 heteroatoms. The van der Waals surface area contributed by atoms with Crippen molar-refractivity contribution < 1.29 is 19.4 Å². The fraction of sp³-hybridized carbons (Fsp3) is 0. The number of phenols is 1. The zero-order valence-electron chi connectivity index (χ0n) is 10.6. The highest BCUT2D eigenvalue weighted by molar-refractivity contribution is 6.11. The molecule has 0 aliphatic carbocycles. The number of carbonyl (C=O) groups is 2. The SMILES string of the molecule is C=CC(=O)Oc1c(O)cccc1C(=O)c1ccccc1. The summed E-state index contributed by atoms with van der Waals surface area (Å²) in [4.78, 5) is 23.6. The first-order chi connectivity index (χ1) is 9.63. The summed E-state index contributed by atoms with van der Waals surface area (Å²) in [6.45, 7) is 3.28. The molecule has 0 aromatic heterocycles. The maximum Gasteiger partial charge on any atom is 0.335 e. The van der Waals surface area contributed by atoms with E-state index >= 15 is 0 Å². The summed E-state index contributed by atoms with van der Waals surface area (Å²) in [6, 6.07) is 12.9. The van der Waals surface area contributed by atoms with Gasteiger partial charge < -0.3 is 9.84 Å². The van der Waals surface area contributed by atoms with Crippen molar-refractivity contribution in [2.24, 2.45) is 0 Å². The first-order valence-electron chi connectivity index (χ1n) is 5.89. The average Bonchev–Trinajstić information content (AvgIpc) is 2.49. The Hall–Kier alpha value is -2.88. The largest absolute Gasteiger partial charge is 0.504 e.